The number of aromatic nitrogens is 1. The van der Waals surface area contributed by atoms with Gasteiger partial charge in [-0.1, -0.05) is 18.2 Å². The number of para-hydroxylation sites is 1. The molecule has 2 heterocycles. The minimum absolute atomic E-state index is 0.121. The smallest absolute Gasteiger partial charge is 0.322 e. The first-order chi connectivity index (χ1) is 16.7. The highest BCUT2D eigenvalue weighted by atomic mass is 16.4. The van der Waals surface area contributed by atoms with Gasteiger partial charge < -0.3 is 37.1 Å². The van der Waals surface area contributed by atoms with E-state index in [-0.39, 0.29) is 25.2 Å². The normalized spacial score (nSPS) is 16.9. The average molecular weight is 487 g/mol. The molecule has 1 aromatic carbocycles. The highest BCUT2D eigenvalue weighted by Crippen LogP contribution is 2.19. The molecular formula is C23H30N6O6. The lowest BCUT2D eigenvalue weighted by atomic mass is 10.0. The maximum absolute atomic E-state index is 13.3. The second-order valence-corrected chi connectivity index (χ2v) is 8.45. The molecule has 4 amide bonds. The Hall–Kier alpha value is -3.93. The summed E-state index contributed by atoms with van der Waals surface area (Å²) in [6.45, 7) is 0.0565. The number of carboxylic acids is 1. The van der Waals surface area contributed by atoms with Crippen LogP contribution in [0, 0.1) is 0 Å². The summed E-state index contributed by atoms with van der Waals surface area (Å²) < 4.78 is 0. The first kappa shape index (κ1) is 25.7. The van der Waals surface area contributed by atoms with E-state index in [1.165, 1.54) is 0 Å². The molecular weight excluding hydrogens is 456 g/mol. The van der Waals surface area contributed by atoms with Crippen LogP contribution in [-0.2, 0) is 30.4 Å². The fraction of sp³-hybridized carbons (Fsp3) is 0.435. The van der Waals surface area contributed by atoms with Crippen LogP contribution in [0.1, 0.15) is 31.2 Å². The number of amides is 4. The lowest BCUT2D eigenvalue weighted by Crippen LogP contribution is -2.56. The molecule has 0 spiro atoms. The first-order valence-corrected chi connectivity index (χ1v) is 11.4. The number of H-pyrrole nitrogens is 1. The van der Waals surface area contributed by atoms with Crippen LogP contribution >= 0.6 is 0 Å². The van der Waals surface area contributed by atoms with E-state index < -0.39 is 48.4 Å². The van der Waals surface area contributed by atoms with Gasteiger partial charge in [0.05, 0.1) is 6.04 Å². The zero-order valence-corrected chi connectivity index (χ0v) is 19.1. The van der Waals surface area contributed by atoms with Crippen LogP contribution < -0.4 is 27.0 Å². The summed E-state index contributed by atoms with van der Waals surface area (Å²) in [5.74, 6) is -3.66. The van der Waals surface area contributed by atoms with Gasteiger partial charge in [-0.05, 0) is 37.4 Å². The molecule has 12 heteroatoms. The van der Waals surface area contributed by atoms with Crippen molar-refractivity contribution >= 4 is 40.5 Å². The minimum atomic E-state index is -1.26. The number of primary amides is 1. The van der Waals surface area contributed by atoms with Crippen LogP contribution in [-0.4, -0.2) is 70.9 Å². The lowest BCUT2D eigenvalue weighted by molar-refractivity contribution is -0.138. The number of aromatic amines is 1. The molecule has 0 saturated carbocycles. The maximum atomic E-state index is 13.3. The largest absolute Gasteiger partial charge is 0.480 e. The number of carboxylic acid groups (broad SMARTS) is 1. The number of carbonyl (C=O) groups is 5. The highest BCUT2D eigenvalue weighted by molar-refractivity contribution is 5.94. The van der Waals surface area contributed by atoms with Crippen molar-refractivity contribution in [1.29, 1.82) is 0 Å². The average Bonchev–Trinajstić information content (AvgIpc) is 3.50. The van der Waals surface area contributed by atoms with E-state index in [2.05, 4.69) is 26.3 Å². The zero-order chi connectivity index (χ0) is 25.4. The fourth-order valence-corrected chi connectivity index (χ4v) is 4.02. The summed E-state index contributed by atoms with van der Waals surface area (Å²) in [5.41, 5.74) is 6.86. The molecule has 0 radical (unpaired) electrons. The summed E-state index contributed by atoms with van der Waals surface area (Å²) in [6.07, 6.45) is 3.08. The summed E-state index contributed by atoms with van der Waals surface area (Å²) in [4.78, 5) is 63.8. The van der Waals surface area contributed by atoms with Gasteiger partial charge >= 0.3 is 5.97 Å². The van der Waals surface area contributed by atoms with Crippen molar-refractivity contribution in [2.75, 3.05) is 13.1 Å². The third-order valence-corrected chi connectivity index (χ3v) is 5.83. The number of fused-ring (bicyclic) bond motifs is 1. The second-order valence-electron chi connectivity index (χ2n) is 8.45. The minimum Gasteiger partial charge on any atom is -0.480 e. The van der Waals surface area contributed by atoms with Gasteiger partial charge in [-0.2, -0.15) is 0 Å². The van der Waals surface area contributed by atoms with Crippen molar-refractivity contribution in [2.24, 2.45) is 5.73 Å². The topological polar surface area (TPSA) is 196 Å². The van der Waals surface area contributed by atoms with Crippen LogP contribution in [0.3, 0.4) is 0 Å². The summed E-state index contributed by atoms with van der Waals surface area (Å²) >= 11 is 0. The van der Waals surface area contributed by atoms with Crippen LogP contribution in [0.25, 0.3) is 10.9 Å². The lowest BCUT2D eigenvalue weighted by Gasteiger charge is -2.24. The van der Waals surface area contributed by atoms with Crippen molar-refractivity contribution in [1.82, 2.24) is 26.3 Å². The van der Waals surface area contributed by atoms with Crippen molar-refractivity contribution in [3.05, 3.63) is 36.0 Å². The van der Waals surface area contributed by atoms with Gasteiger partial charge in [0, 0.05) is 29.9 Å². The zero-order valence-electron chi connectivity index (χ0n) is 19.1. The van der Waals surface area contributed by atoms with Gasteiger partial charge in [0.15, 0.2) is 0 Å². The summed E-state index contributed by atoms with van der Waals surface area (Å²) in [7, 11) is 0. The molecule has 35 heavy (non-hydrogen) atoms. The SMILES string of the molecule is NC(=O)CCC(NC(=O)C(Cc1c[nH]c2ccccc12)NC(=O)C1CCCN1)C(=O)NCC(=O)O. The second kappa shape index (κ2) is 12.0. The van der Waals surface area contributed by atoms with Gasteiger partial charge in [-0.3, -0.25) is 24.0 Å². The third-order valence-electron chi connectivity index (χ3n) is 5.83. The standard InChI is InChI=1S/C23H30N6O6/c24-19(30)8-7-17(21(33)27-12-20(31)32)28-23(35)18(29-22(34)16-6-3-9-25-16)10-13-11-26-15-5-2-1-4-14(13)15/h1-2,4-5,11,16-18,25-26H,3,6-10,12H2,(H2,24,30)(H,27,33)(H,28,35)(H,29,34)(H,31,32). The molecule has 3 atom stereocenters. The molecule has 1 aromatic heterocycles. The summed E-state index contributed by atoms with van der Waals surface area (Å²) in [6, 6.07) is 4.88. The van der Waals surface area contributed by atoms with E-state index in [1.807, 2.05) is 24.3 Å². The van der Waals surface area contributed by atoms with Gasteiger partial charge in [0.2, 0.25) is 23.6 Å². The third kappa shape index (κ3) is 7.27. The van der Waals surface area contributed by atoms with Gasteiger partial charge in [-0.15, -0.1) is 0 Å². The Bertz CT molecular complexity index is 1090. The predicted octanol–water partition coefficient (Wildman–Crippen LogP) is -1.10. The Morgan fingerprint density at radius 3 is 2.54 bits per heavy atom. The molecule has 1 aliphatic heterocycles. The monoisotopic (exact) mass is 486 g/mol. The molecule has 12 nitrogen and oxygen atoms in total. The number of nitrogens with two attached hydrogens (primary N) is 1. The van der Waals surface area contributed by atoms with E-state index in [9.17, 15) is 24.0 Å². The van der Waals surface area contributed by atoms with E-state index in [1.54, 1.807) is 6.20 Å². The Balaban J connectivity index is 1.79. The molecule has 8 N–H and O–H groups in total. The fourth-order valence-electron chi connectivity index (χ4n) is 4.02. The molecule has 0 aliphatic carbocycles. The molecule has 3 unspecified atom stereocenters. The van der Waals surface area contributed by atoms with Crippen LogP contribution in [0.15, 0.2) is 30.5 Å². The van der Waals surface area contributed by atoms with E-state index >= 15 is 0 Å². The Kier molecular flexibility index (Phi) is 8.79. The van der Waals surface area contributed by atoms with E-state index in [0.29, 0.717) is 13.0 Å². The molecule has 1 saturated heterocycles. The van der Waals surface area contributed by atoms with Crippen molar-refractivity contribution in [3.63, 3.8) is 0 Å². The number of nitrogens with one attached hydrogen (secondary N) is 5. The van der Waals surface area contributed by atoms with E-state index in [0.717, 1.165) is 22.9 Å². The Morgan fingerprint density at radius 2 is 1.86 bits per heavy atom. The van der Waals surface area contributed by atoms with Crippen molar-refractivity contribution in [2.45, 2.75) is 50.2 Å². The Morgan fingerprint density at radius 1 is 1.09 bits per heavy atom. The highest BCUT2D eigenvalue weighted by Gasteiger charge is 2.31. The Labute approximate surface area is 201 Å². The number of hydrogen-bond acceptors (Lipinski definition) is 6. The van der Waals surface area contributed by atoms with Crippen molar-refractivity contribution < 1.29 is 29.1 Å². The van der Waals surface area contributed by atoms with Crippen molar-refractivity contribution in [3.8, 4) is 0 Å². The first-order valence-electron chi connectivity index (χ1n) is 11.4. The molecule has 1 aliphatic rings. The number of rotatable bonds is 12. The van der Waals surface area contributed by atoms with Crippen LogP contribution in [0.4, 0.5) is 0 Å². The van der Waals surface area contributed by atoms with Crippen LogP contribution in [0.2, 0.25) is 0 Å². The van der Waals surface area contributed by atoms with Gasteiger partial charge in [-0.25, -0.2) is 0 Å². The number of carbonyl (C=O) groups excluding carboxylic acids is 4. The summed E-state index contributed by atoms with van der Waals surface area (Å²) in [5, 5.41) is 20.3. The molecule has 1 fully saturated rings. The molecule has 188 valence electrons. The molecule has 3 rings (SSSR count). The molecule has 2 aromatic rings. The van der Waals surface area contributed by atoms with E-state index in [4.69, 9.17) is 10.8 Å². The van der Waals surface area contributed by atoms with Crippen LogP contribution in [0.5, 0.6) is 0 Å². The number of aliphatic carboxylic acids is 1. The van der Waals surface area contributed by atoms with Gasteiger partial charge in [0.25, 0.3) is 0 Å². The van der Waals surface area contributed by atoms with Gasteiger partial charge in [0.1, 0.15) is 18.6 Å². The maximum Gasteiger partial charge on any atom is 0.322 e. The predicted molar refractivity (Wildman–Crippen MR) is 126 cm³/mol. The number of benzene rings is 1. The quantitative estimate of drug-likeness (QED) is 0.198. The number of hydrogen-bond donors (Lipinski definition) is 7. The molecule has 0 bridgehead atoms.